The normalized spacial score (nSPS) is 12.9. The maximum atomic E-state index is 11.2. The first-order valence-corrected chi connectivity index (χ1v) is 5.86. The fraction of sp³-hybridized carbons (Fsp3) is 0.364. The second kappa shape index (κ2) is 4.33. The number of aromatic amines is 1. The lowest BCUT2D eigenvalue weighted by Gasteiger charge is -2.05. The molecule has 16 heavy (non-hydrogen) atoms. The van der Waals surface area contributed by atoms with Gasteiger partial charge in [-0.05, 0) is 34.8 Å². The molecule has 0 aliphatic carbocycles. The van der Waals surface area contributed by atoms with Crippen LogP contribution in [0.4, 0.5) is 0 Å². The molecule has 2 rings (SSSR count). The number of ketones is 1. The molecule has 2 aromatic heterocycles. The molecule has 0 fully saturated rings. The fourth-order valence-electron chi connectivity index (χ4n) is 1.55. The number of carbonyl (C=O) groups excluding carboxylic acids is 1. The van der Waals surface area contributed by atoms with Crippen molar-refractivity contribution in [3.8, 4) is 0 Å². The van der Waals surface area contributed by atoms with Crippen LogP contribution in [-0.4, -0.2) is 20.7 Å². The molecule has 0 aromatic carbocycles. The van der Waals surface area contributed by atoms with Crippen LogP contribution in [0.15, 0.2) is 17.0 Å². The first-order valence-electron chi connectivity index (χ1n) is 5.07. The zero-order valence-electron chi connectivity index (χ0n) is 9.12. The van der Waals surface area contributed by atoms with E-state index in [1.54, 1.807) is 13.1 Å². The Morgan fingerprint density at radius 3 is 3.06 bits per heavy atom. The van der Waals surface area contributed by atoms with Gasteiger partial charge in [0.2, 0.25) is 0 Å². The van der Waals surface area contributed by atoms with E-state index >= 15 is 0 Å². The zero-order chi connectivity index (χ0) is 11.7. The lowest BCUT2D eigenvalue weighted by atomic mass is 9.99. The summed E-state index contributed by atoms with van der Waals surface area (Å²) in [6.07, 6.45) is 4.22. The minimum Gasteiger partial charge on any atom is -0.345 e. The molecule has 5 heteroatoms. The molecule has 0 aliphatic heterocycles. The Bertz CT molecular complexity index is 535. The van der Waals surface area contributed by atoms with E-state index in [1.165, 1.54) is 0 Å². The van der Waals surface area contributed by atoms with Crippen LogP contribution in [0.2, 0.25) is 0 Å². The smallest absolute Gasteiger partial charge is 0.156 e. The van der Waals surface area contributed by atoms with Gasteiger partial charge in [-0.3, -0.25) is 4.79 Å². The Kier molecular flexibility index (Phi) is 3.05. The highest BCUT2D eigenvalue weighted by molar-refractivity contribution is 9.10. The first kappa shape index (κ1) is 11.3. The molecule has 0 spiro atoms. The predicted octanol–water partition coefficient (Wildman–Crippen LogP) is 2.49. The molecule has 0 saturated carbocycles. The Hall–Kier alpha value is -1.23. The van der Waals surface area contributed by atoms with Gasteiger partial charge >= 0.3 is 0 Å². The van der Waals surface area contributed by atoms with Crippen molar-refractivity contribution in [2.24, 2.45) is 5.92 Å². The van der Waals surface area contributed by atoms with Crippen molar-refractivity contribution in [1.29, 1.82) is 0 Å². The van der Waals surface area contributed by atoms with E-state index in [1.807, 2.05) is 13.1 Å². The molecule has 0 bridgehead atoms. The maximum absolute atomic E-state index is 11.2. The number of nitrogens with one attached hydrogen (secondary N) is 1. The second-order valence-corrected chi connectivity index (χ2v) is 4.73. The third-order valence-electron chi connectivity index (χ3n) is 2.65. The van der Waals surface area contributed by atoms with Gasteiger partial charge in [0.15, 0.2) is 5.65 Å². The summed E-state index contributed by atoms with van der Waals surface area (Å²) < 4.78 is 0.705. The number of carbonyl (C=O) groups is 1. The SMILES string of the molecule is CC(=O)C(C)Cc1c[nH]c2ncc(Br)nc12. The summed E-state index contributed by atoms with van der Waals surface area (Å²) in [6, 6.07) is 0. The number of hydrogen-bond acceptors (Lipinski definition) is 3. The van der Waals surface area contributed by atoms with E-state index in [2.05, 4.69) is 30.9 Å². The summed E-state index contributed by atoms with van der Waals surface area (Å²) in [4.78, 5) is 22.8. The van der Waals surface area contributed by atoms with Gasteiger partial charge in [0.05, 0.1) is 6.20 Å². The number of nitrogens with zero attached hydrogens (tertiary/aromatic N) is 2. The number of aromatic nitrogens is 3. The van der Waals surface area contributed by atoms with E-state index in [0.29, 0.717) is 11.0 Å². The van der Waals surface area contributed by atoms with Crippen molar-refractivity contribution in [2.75, 3.05) is 0 Å². The number of halogens is 1. The van der Waals surface area contributed by atoms with Gasteiger partial charge in [-0.25, -0.2) is 9.97 Å². The topological polar surface area (TPSA) is 58.6 Å². The molecule has 1 unspecified atom stereocenters. The molecule has 0 amide bonds. The second-order valence-electron chi connectivity index (χ2n) is 3.92. The van der Waals surface area contributed by atoms with Gasteiger partial charge in [0, 0.05) is 12.1 Å². The van der Waals surface area contributed by atoms with Crippen LogP contribution in [0.3, 0.4) is 0 Å². The Morgan fingerprint density at radius 1 is 1.62 bits per heavy atom. The Balaban J connectivity index is 2.37. The summed E-state index contributed by atoms with van der Waals surface area (Å²) in [5.74, 6) is 0.206. The summed E-state index contributed by atoms with van der Waals surface area (Å²) in [5.41, 5.74) is 2.63. The van der Waals surface area contributed by atoms with Gasteiger partial charge in [-0.1, -0.05) is 6.92 Å². The summed E-state index contributed by atoms with van der Waals surface area (Å²) >= 11 is 3.29. The number of hydrogen-bond donors (Lipinski definition) is 1. The van der Waals surface area contributed by atoms with E-state index in [-0.39, 0.29) is 11.7 Å². The van der Waals surface area contributed by atoms with Crippen molar-refractivity contribution in [3.63, 3.8) is 0 Å². The quantitative estimate of drug-likeness (QED) is 0.940. The van der Waals surface area contributed by atoms with Gasteiger partial charge < -0.3 is 4.98 Å². The fourth-order valence-corrected chi connectivity index (χ4v) is 1.83. The van der Waals surface area contributed by atoms with E-state index in [0.717, 1.165) is 16.7 Å². The Morgan fingerprint density at radius 2 is 2.38 bits per heavy atom. The largest absolute Gasteiger partial charge is 0.345 e. The number of rotatable bonds is 3. The van der Waals surface area contributed by atoms with Crippen LogP contribution in [0.5, 0.6) is 0 Å². The van der Waals surface area contributed by atoms with Crippen LogP contribution in [-0.2, 0) is 11.2 Å². The van der Waals surface area contributed by atoms with Crippen LogP contribution < -0.4 is 0 Å². The molecule has 0 radical (unpaired) electrons. The molecule has 1 N–H and O–H groups in total. The molecule has 1 atom stereocenters. The summed E-state index contributed by atoms with van der Waals surface area (Å²) in [5, 5.41) is 0. The van der Waals surface area contributed by atoms with E-state index < -0.39 is 0 Å². The average molecular weight is 282 g/mol. The molecule has 4 nitrogen and oxygen atoms in total. The molecule has 2 heterocycles. The highest BCUT2D eigenvalue weighted by Gasteiger charge is 2.13. The lowest BCUT2D eigenvalue weighted by molar-refractivity contribution is -0.120. The third kappa shape index (κ3) is 2.14. The highest BCUT2D eigenvalue weighted by Crippen LogP contribution is 2.19. The highest BCUT2D eigenvalue weighted by atomic mass is 79.9. The zero-order valence-corrected chi connectivity index (χ0v) is 10.7. The van der Waals surface area contributed by atoms with Crippen LogP contribution in [0.25, 0.3) is 11.2 Å². The van der Waals surface area contributed by atoms with Gasteiger partial charge in [-0.15, -0.1) is 0 Å². The molecule has 2 aromatic rings. The van der Waals surface area contributed by atoms with Crippen LogP contribution in [0, 0.1) is 5.92 Å². The Labute approximate surface area is 102 Å². The molecule has 0 saturated heterocycles. The predicted molar refractivity (Wildman–Crippen MR) is 65.1 cm³/mol. The number of fused-ring (bicyclic) bond motifs is 1. The van der Waals surface area contributed by atoms with E-state index in [4.69, 9.17) is 0 Å². The van der Waals surface area contributed by atoms with E-state index in [9.17, 15) is 4.79 Å². The first-order chi connectivity index (χ1) is 7.58. The summed E-state index contributed by atoms with van der Waals surface area (Å²) in [6.45, 7) is 3.54. The minimum atomic E-state index is 0.0137. The molecule has 84 valence electrons. The minimum absolute atomic E-state index is 0.0137. The van der Waals surface area contributed by atoms with Gasteiger partial charge in [0.25, 0.3) is 0 Å². The molecule has 0 aliphatic rings. The molecular formula is C11H12BrN3O. The van der Waals surface area contributed by atoms with Crippen molar-refractivity contribution < 1.29 is 4.79 Å². The monoisotopic (exact) mass is 281 g/mol. The van der Waals surface area contributed by atoms with Gasteiger partial charge in [-0.2, -0.15) is 0 Å². The standard InChI is InChI=1S/C11H12BrN3O/c1-6(7(2)16)3-8-4-13-11-10(8)15-9(12)5-14-11/h4-6H,3H2,1-2H3,(H,13,14). The third-order valence-corrected chi connectivity index (χ3v) is 3.03. The van der Waals surface area contributed by atoms with Crippen molar-refractivity contribution in [2.45, 2.75) is 20.3 Å². The summed E-state index contributed by atoms with van der Waals surface area (Å²) in [7, 11) is 0. The van der Waals surface area contributed by atoms with Crippen molar-refractivity contribution in [1.82, 2.24) is 15.0 Å². The van der Waals surface area contributed by atoms with Crippen molar-refractivity contribution in [3.05, 3.63) is 22.6 Å². The lowest BCUT2D eigenvalue weighted by Crippen LogP contribution is -2.09. The average Bonchev–Trinajstić information content (AvgIpc) is 2.61. The number of H-pyrrole nitrogens is 1. The molecular weight excluding hydrogens is 270 g/mol. The maximum Gasteiger partial charge on any atom is 0.156 e. The van der Waals surface area contributed by atoms with Gasteiger partial charge in [0.1, 0.15) is 15.9 Å². The van der Waals surface area contributed by atoms with Crippen molar-refractivity contribution >= 4 is 32.9 Å². The van der Waals surface area contributed by atoms with Crippen LogP contribution >= 0.6 is 15.9 Å². The number of Topliss-reactive ketones (excluding diaryl/α,β-unsaturated/α-hetero) is 1. The van der Waals surface area contributed by atoms with Crippen LogP contribution in [0.1, 0.15) is 19.4 Å².